The molecule has 0 saturated heterocycles. The van der Waals surface area contributed by atoms with Gasteiger partial charge in [0.15, 0.2) is 6.10 Å². The molecule has 3 heteroatoms. The highest BCUT2D eigenvalue weighted by atomic mass is 16.5. The van der Waals surface area contributed by atoms with Crippen LogP contribution in [0.3, 0.4) is 0 Å². The van der Waals surface area contributed by atoms with Crippen LogP contribution in [-0.2, 0) is 9.53 Å². The van der Waals surface area contributed by atoms with Crippen LogP contribution in [0.4, 0.5) is 0 Å². The van der Waals surface area contributed by atoms with Crippen molar-refractivity contribution in [3.63, 3.8) is 0 Å². The molecule has 0 aromatic heterocycles. The first-order chi connectivity index (χ1) is 6.22. The number of rotatable bonds is 7. The van der Waals surface area contributed by atoms with Crippen molar-refractivity contribution in [1.29, 1.82) is 0 Å². The van der Waals surface area contributed by atoms with Gasteiger partial charge in [0.1, 0.15) is 0 Å². The van der Waals surface area contributed by atoms with Gasteiger partial charge in [0.25, 0.3) is 0 Å². The summed E-state index contributed by atoms with van der Waals surface area (Å²) in [7, 11) is 0. The summed E-state index contributed by atoms with van der Waals surface area (Å²) in [6.07, 6.45) is 3.71. The number of aliphatic hydroxyl groups is 1. The first-order valence-corrected chi connectivity index (χ1v) is 4.68. The lowest BCUT2D eigenvalue weighted by atomic mass is 10.2. The molecular weight excluding hydrogens is 168 g/mol. The Morgan fingerprint density at radius 1 is 1.62 bits per heavy atom. The molecule has 3 nitrogen and oxygen atoms in total. The minimum absolute atomic E-state index is 0.257. The second-order valence-corrected chi connectivity index (χ2v) is 2.91. The van der Waals surface area contributed by atoms with Crippen LogP contribution in [0.1, 0.15) is 32.6 Å². The number of aliphatic hydroxyl groups excluding tert-OH is 1. The van der Waals surface area contributed by atoms with Crippen LogP contribution in [0.5, 0.6) is 0 Å². The van der Waals surface area contributed by atoms with E-state index in [1.54, 1.807) is 0 Å². The Bertz CT molecular complexity index is 154. The van der Waals surface area contributed by atoms with E-state index >= 15 is 0 Å². The zero-order valence-electron chi connectivity index (χ0n) is 8.16. The number of unbranched alkanes of at least 4 members (excludes halogenated alkanes) is 2. The number of esters is 1. The molecule has 0 heterocycles. The lowest BCUT2D eigenvalue weighted by Gasteiger charge is -2.07. The van der Waals surface area contributed by atoms with Crippen LogP contribution in [0.2, 0.25) is 0 Å². The van der Waals surface area contributed by atoms with Crippen LogP contribution in [0.15, 0.2) is 12.7 Å². The predicted octanol–water partition coefficient (Wildman–Crippen LogP) is 1.66. The average molecular weight is 186 g/mol. The smallest absolute Gasteiger partial charge is 0.335 e. The maximum absolute atomic E-state index is 11.0. The summed E-state index contributed by atoms with van der Waals surface area (Å²) < 4.78 is 4.82. The summed E-state index contributed by atoms with van der Waals surface area (Å²) in [6, 6.07) is 0. The van der Waals surface area contributed by atoms with E-state index in [-0.39, 0.29) is 6.42 Å². The first-order valence-electron chi connectivity index (χ1n) is 4.68. The Morgan fingerprint density at radius 3 is 2.85 bits per heavy atom. The molecule has 1 atom stereocenters. The lowest BCUT2D eigenvalue weighted by molar-refractivity contribution is -0.153. The van der Waals surface area contributed by atoms with Crippen LogP contribution in [0, 0.1) is 0 Å². The van der Waals surface area contributed by atoms with Gasteiger partial charge in [-0.25, -0.2) is 4.79 Å². The zero-order valence-corrected chi connectivity index (χ0v) is 8.16. The Kier molecular flexibility index (Phi) is 7.30. The molecule has 0 rings (SSSR count). The van der Waals surface area contributed by atoms with E-state index in [4.69, 9.17) is 9.84 Å². The highest BCUT2D eigenvalue weighted by Crippen LogP contribution is 1.99. The summed E-state index contributed by atoms with van der Waals surface area (Å²) in [5.41, 5.74) is 0. The Morgan fingerprint density at radius 2 is 2.31 bits per heavy atom. The molecule has 0 aromatic rings. The molecule has 0 saturated carbocycles. The standard InChI is InChI=1S/C10H18O3/c1-3-5-6-8-13-10(12)9(11)7-4-2/h4,9,11H,2-3,5-8H2,1H3/t9-/m1/s1. The van der Waals surface area contributed by atoms with Gasteiger partial charge in [0, 0.05) is 6.42 Å². The second kappa shape index (κ2) is 7.80. The number of hydrogen-bond acceptors (Lipinski definition) is 3. The average Bonchev–Trinajstić information content (AvgIpc) is 2.12. The van der Waals surface area contributed by atoms with Crippen molar-refractivity contribution in [2.75, 3.05) is 6.61 Å². The number of hydrogen-bond donors (Lipinski definition) is 1. The van der Waals surface area contributed by atoms with Gasteiger partial charge in [-0.2, -0.15) is 0 Å². The van der Waals surface area contributed by atoms with E-state index in [9.17, 15) is 4.79 Å². The molecule has 0 aliphatic carbocycles. The SMILES string of the molecule is C=CC[C@@H](O)C(=O)OCCCCC. The molecule has 76 valence electrons. The van der Waals surface area contributed by atoms with Gasteiger partial charge in [-0.1, -0.05) is 25.8 Å². The van der Waals surface area contributed by atoms with Gasteiger partial charge in [0.2, 0.25) is 0 Å². The molecule has 0 radical (unpaired) electrons. The van der Waals surface area contributed by atoms with Crippen molar-refractivity contribution in [2.45, 2.75) is 38.7 Å². The van der Waals surface area contributed by atoms with Crippen molar-refractivity contribution >= 4 is 5.97 Å². The van der Waals surface area contributed by atoms with E-state index in [1.807, 2.05) is 0 Å². The van der Waals surface area contributed by atoms with E-state index < -0.39 is 12.1 Å². The topological polar surface area (TPSA) is 46.5 Å². The minimum atomic E-state index is -1.04. The fourth-order valence-electron chi connectivity index (χ4n) is 0.875. The molecule has 0 aliphatic rings. The van der Waals surface area contributed by atoms with Crippen molar-refractivity contribution < 1.29 is 14.6 Å². The molecule has 0 aromatic carbocycles. The lowest BCUT2D eigenvalue weighted by Crippen LogP contribution is -2.22. The summed E-state index contributed by atoms with van der Waals surface area (Å²) in [5.74, 6) is -0.545. The third-order valence-electron chi connectivity index (χ3n) is 1.65. The summed E-state index contributed by atoms with van der Waals surface area (Å²) in [4.78, 5) is 11.0. The Hall–Kier alpha value is -0.830. The van der Waals surface area contributed by atoms with Gasteiger partial charge in [-0.05, 0) is 6.42 Å². The van der Waals surface area contributed by atoms with E-state index in [2.05, 4.69) is 13.5 Å². The quantitative estimate of drug-likeness (QED) is 0.373. The normalized spacial score (nSPS) is 12.2. The van der Waals surface area contributed by atoms with Crippen molar-refractivity contribution in [1.82, 2.24) is 0 Å². The van der Waals surface area contributed by atoms with Crippen molar-refractivity contribution in [3.8, 4) is 0 Å². The molecule has 0 spiro atoms. The fraction of sp³-hybridized carbons (Fsp3) is 0.700. The summed E-state index contributed by atoms with van der Waals surface area (Å²) in [5, 5.41) is 9.13. The molecule has 0 bridgehead atoms. The van der Waals surface area contributed by atoms with E-state index in [0.29, 0.717) is 6.61 Å². The maximum atomic E-state index is 11.0. The molecule has 1 N–H and O–H groups in total. The number of carbonyl (C=O) groups is 1. The van der Waals surface area contributed by atoms with E-state index in [0.717, 1.165) is 19.3 Å². The third kappa shape index (κ3) is 6.34. The summed E-state index contributed by atoms with van der Waals surface area (Å²) in [6.45, 7) is 5.91. The molecule has 0 fully saturated rings. The monoisotopic (exact) mass is 186 g/mol. The largest absolute Gasteiger partial charge is 0.464 e. The molecule has 0 aliphatic heterocycles. The second-order valence-electron chi connectivity index (χ2n) is 2.91. The highest BCUT2D eigenvalue weighted by Gasteiger charge is 2.13. The molecule has 13 heavy (non-hydrogen) atoms. The van der Waals surface area contributed by atoms with Crippen LogP contribution >= 0.6 is 0 Å². The summed E-state index contributed by atoms with van der Waals surface area (Å²) >= 11 is 0. The van der Waals surface area contributed by atoms with E-state index in [1.165, 1.54) is 6.08 Å². The molecule has 0 unspecified atom stereocenters. The maximum Gasteiger partial charge on any atom is 0.335 e. The molecular formula is C10H18O3. The Labute approximate surface area is 79.4 Å². The van der Waals surface area contributed by atoms with Crippen LogP contribution < -0.4 is 0 Å². The number of ether oxygens (including phenoxy) is 1. The third-order valence-corrected chi connectivity index (χ3v) is 1.65. The van der Waals surface area contributed by atoms with Crippen molar-refractivity contribution in [2.24, 2.45) is 0 Å². The Balaban J connectivity index is 3.44. The van der Waals surface area contributed by atoms with Gasteiger partial charge in [-0.3, -0.25) is 0 Å². The van der Waals surface area contributed by atoms with Gasteiger partial charge in [0.05, 0.1) is 6.61 Å². The highest BCUT2D eigenvalue weighted by molar-refractivity contribution is 5.74. The molecule has 0 amide bonds. The predicted molar refractivity (Wildman–Crippen MR) is 51.3 cm³/mol. The number of carbonyl (C=O) groups excluding carboxylic acids is 1. The van der Waals surface area contributed by atoms with Crippen molar-refractivity contribution in [3.05, 3.63) is 12.7 Å². The van der Waals surface area contributed by atoms with Gasteiger partial charge < -0.3 is 9.84 Å². The zero-order chi connectivity index (χ0) is 10.1. The van der Waals surface area contributed by atoms with Gasteiger partial charge >= 0.3 is 5.97 Å². The van der Waals surface area contributed by atoms with Crippen LogP contribution in [0.25, 0.3) is 0 Å². The fourth-order valence-corrected chi connectivity index (χ4v) is 0.875. The van der Waals surface area contributed by atoms with Gasteiger partial charge in [-0.15, -0.1) is 6.58 Å². The minimum Gasteiger partial charge on any atom is -0.464 e. The first kappa shape index (κ1) is 12.2. The van der Waals surface area contributed by atoms with Crippen LogP contribution in [-0.4, -0.2) is 23.8 Å².